The number of rotatable bonds is 7. The van der Waals surface area contributed by atoms with Gasteiger partial charge in [0.25, 0.3) is 0 Å². The van der Waals surface area contributed by atoms with E-state index in [4.69, 9.17) is 10.4 Å². The zero-order valence-electron chi connectivity index (χ0n) is 14.9. The Hall–Kier alpha value is -3.40. The Balaban J connectivity index is 1.43. The van der Waals surface area contributed by atoms with Crippen molar-refractivity contribution in [3.05, 3.63) is 66.4 Å². The SMILES string of the molecule is Nn1c(SCc2cc(-c3ccccc3)on2)nnc1-c1ccc(OC(F)F)cc1. The van der Waals surface area contributed by atoms with E-state index in [0.717, 1.165) is 11.3 Å². The summed E-state index contributed by atoms with van der Waals surface area (Å²) >= 11 is 1.35. The highest BCUT2D eigenvalue weighted by molar-refractivity contribution is 7.98. The maximum absolute atomic E-state index is 12.3. The van der Waals surface area contributed by atoms with Crippen LogP contribution in [-0.2, 0) is 5.75 Å². The van der Waals surface area contributed by atoms with Gasteiger partial charge in [0.2, 0.25) is 5.16 Å². The van der Waals surface area contributed by atoms with Crippen LogP contribution >= 0.6 is 11.8 Å². The molecule has 4 rings (SSSR count). The van der Waals surface area contributed by atoms with Gasteiger partial charge in [-0.3, -0.25) is 0 Å². The van der Waals surface area contributed by atoms with Crippen molar-refractivity contribution in [2.45, 2.75) is 17.5 Å². The van der Waals surface area contributed by atoms with Crippen LogP contribution in [0.25, 0.3) is 22.7 Å². The molecule has 29 heavy (non-hydrogen) atoms. The molecule has 4 aromatic rings. The number of halogens is 2. The minimum absolute atomic E-state index is 0.0571. The van der Waals surface area contributed by atoms with E-state index in [9.17, 15) is 8.78 Å². The Kier molecular flexibility index (Phi) is 5.43. The molecule has 2 N–H and O–H groups in total. The Morgan fingerprint density at radius 3 is 2.52 bits per heavy atom. The lowest BCUT2D eigenvalue weighted by molar-refractivity contribution is -0.0498. The molecule has 2 heterocycles. The molecular weight excluding hydrogens is 400 g/mol. The predicted octanol–water partition coefficient (Wildman–Crippen LogP) is 4.21. The van der Waals surface area contributed by atoms with Crippen LogP contribution in [0.5, 0.6) is 5.75 Å². The highest BCUT2D eigenvalue weighted by Crippen LogP contribution is 2.27. The quantitative estimate of drug-likeness (QED) is 0.357. The number of nitrogens with zero attached hydrogens (tertiary/aromatic N) is 4. The Labute approximate surface area is 168 Å². The third-order valence-electron chi connectivity index (χ3n) is 3.97. The fourth-order valence-corrected chi connectivity index (χ4v) is 3.35. The summed E-state index contributed by atoms with van der Waals surface area (Å²) in [6.45, 7) is -2.87. The molecule has 0 atom stereocenters. The maximum Gasteiger partial charge on any atom is 0.387 e. The van der Waals surface area contributed by atoms with Gasteiger partial charge in [-0.25, -0.2) is 4.68 Å². The molecule has 0 unspecified atom stereocenters. The average Bonchev–Trinajstić information content (AvgIpc) is 3.34. The first-order valence-corrected chi connectivity index (χ1v) is 9.48. The molecule has 0 aliphatic heterocycles. The van der Waals surface area contributed by atoms with Crippen molar-refractivity contribution in [1.82, 2.24) is 20.0 Å². The number of benzene rings is 2. The van der Waals surface area contributed by atoms with E-state index < -0.39 is 6.61 Å². The van der Waals surface area contributed by atoms with Gasteiger partial charge in [0.05, 0.1) is 5.69 Å². The highest BCUT2D eigenvalue weighted by Gasteiger charge is 2.14. The summed E-state index contributed by atoms with van der Waals surface area (Å²) in [7, 11) is 0. The van der Waals surface area contributed by atoms with Crippen LogP contribution in [0.15, 0.2) is 70.3 Å². The molecule has 0 aliphatic rings. The van der Waals surface area contributed by atoms with E-state index in [1.54, 1.807) is 12.1 Å². The summed E-state index contributed by atoms with van der Waals surface area (Å²) in [5, 5.41) is 12.7. The second kappa shape index (κ2) is 8.31. The van der Waals surface area contributed by atoms with Gasteiger partial charge in [-0.05, 0) is 24.3 Å². The summed E-state index contributed by atoms with van der Waals surface area (Å²) in [4.78, 5) is 0. The summed E-state index contributed by atoms with van der Waals surface area (Å²) in [5.74, 6) is 7.73. The summed E-state index contributed by atoms with van der Waals surface area (Å²) in [5.41, 5.74) is 2.31. The predicted molar refractivity (Wildman–Crippen MR) is 104 cm³/mol. The molecule has 0 saturated carbocycles. The van der Waals surface area contributed by atoms with E-state index >= 15 is 0 Å². The molecular formula is C19H15F2N5O2S. The van der Waals surface area contributed by atoms with Gasteiger partial charge < -0.3 is 15.1 Å². The van der Waals surface area contributed by atoms with E-state index in [-0.39, 0.29) is 5.75 Å². The molecule has 0 fully saturated rings. The molecule has 0 aliphatic carbocycles. The number of hydrogen-bond acceptors (Lipinski definition) is 7. The molecule has 148 valence electrons. The molecule has 2 aromatic heterocycles. The number of ether oxygens (including phenoxy) is 1. The van der Waals surface area contributed by atoms with Crippen LogP contribution < -0.4 is 10.6 Å². The third-order valence-corrected chi connectivity index (χ3v) is 4.95. The van der Waals surface area contributed by atoms with Gasteiger partial charge in [0.1, 0.15) is 5.75 Å². The summed E-state index contributed by atoms with van der Waals surface area (Å²) < 4.78 is 35.6. The van der Waals surface area contributed by atoms with Gasteiger partial charge in [-0.1, -0.05) is 47.3 Å². The normalized spacial score (nSPS) is 11.1. The van der Waals surface area contributed by atoms with Crippen LogP contribution in [0.4, 0.5) is 8.78 Å². The number of nitrogens with two attached hydrogens (primary N) is 1. The molecule has 10 heteroatoms. The summed E-state index contributed by atoms with van der Waals surface area (Å²) in [6.07, 6.45) is 0. The molecule has 0 amide bonds. The monoisotopic (exact) mass is 415 g/mol. The summed E-state index contributed by atoms with van der Waals surface area (Å²) in [6, 6.07) is 17.5. The van der Waals surface area contributed by atoms with E-state index in [1.165, 1.54) is 28.6 Å². The van der Waals surface area contributed by atoms with Crippen molar-refractivity contribution in [3.63, 3.8) is 0 Å². The van der Waals surface area contributed by atoms with Crippen molar-refractivity contribution in [2.75, 3.05) is 5.84 Å². The zero-order chi connectivity index (χ0) is 20.2. The molecule has 0 bridgehead atoms. The Bertz CT molecular complexity index is 1080. The third kappa shape index (κ3) is 4.37. The van der Waals surface area contributed by atoms with E-state index in [0.29, 0.717) is 28.1 Å². The molecule has 0 radical (unpaired) electrons. The number of aromatic nitrogens is 4. The van der Waals surface area contributed by atoms with Gasteiger partial charge in [-0.2, -0.15) is 8.78 Å². The molecule has 0 saturated heterocycles. The van der Waals surface area contributed by atoms with Gasteiger partial charge in [0.15, 0.2) is 11.6 Å². The molecule has 2 aromatic carbocycles. The lowest BCUT2D eigenvalue weighted by Crippen LogP contribution is -2.11. The second-order valence-electron chi connectivity index (χ2n) is 5.92. The average molecular weight is 415 g/mol. The topological polar surface area (TPSA) is 92.0 Å². The lowest BCUT2D eigenvalue weighted by atomic mass is 10.2. The van der Waals surface area contributed by atoms with Crippen LogP contribution in [0, 0.1) is 0 Å². The first-order valence-electron chi connectivity index (χ1n) is 8.49. The maximum atomic E-state index is 12.3. The number of alkyl halides is 2. The smallest absolute Gasteiger partial charge is 0.387 e. The van der Waals surface area contributed by atoms with E-state index in [2.05, 4.69) is 20.1 Å². The van der Waals surface area contributed by atoms with Crippen LogP contribution in [0.2, 0.25) is 0 Å². The Morgan fingerprint density at radius 1 is 1.03 bits per heavy atom. The first-order chi connectivity index (χ1) is 14.1. The standard InChI is InChI=1S/C19H15F2N5O2S/c20-18(21)27-15-8-6-13(7-9-15)17-23-24-19(26(17)22)29-11-14-10-16(28-25-14)12-4-2-1-3-5-12/h1-10,18H,11,22H2. The Morgan fingerprint density at radius 2 is 1.79 bits per heavy atom. The van der Waals surface area contributed by atoms with E-state index in [1.807, 2.05) is 36.4 Å². The van der Waals surface area contributed by atoms with Gasteiger partial charge >= 0.3 is 6.61 Å². The largest absolute Gasteiger partial charge is 0.435 e. The van der Waals surface area contributed by atoms with Crippen LogP contribution in [-0.4, -0.2) is 26.6 Å². The molecule has 0 spiro atoms. The first kappa shape index (κ1) is 18.9. The number of hydrogen-bond donors (Lipinski definition) is 1. The van der Waals surface area contributed by atoms with Crippen LogP contribution in [0.3, 0.4) is 0 Å². The van der Waals surface area contributed by atoms with Crippen molar-refractivity contribution >= 4 is 11.8 Å². The fraction of sp³-hybridized carbons (Fsp3) is 0.105. The highest BCUT2D eigenvalue weighted by atomic mass is 32.2. The minimum atomic E-state index is -2.87. The number of nitrogen functional groups attached to an aromatic ring is 1. The van der Waals surface area contributed by atoms with Crippen molar-refractivity contribution < 1.29 is 18.0 Å². The van der Waals surface area contributed by atoms with Crippen molar-refractivity contribution in [3.8, 4) is 28.5 Å². The van der Waals surface area contributed by atoms with Crippen molar-refractivity contribution in [2.24, 2.45) is 0 Å². The molecule has 7 nitrogen and oxygen atoms in total. The van der Waals surface area contributed by atoms with Crippen molar-refractivity contribution in [1.29, 1.82) is 0 Å². The zero-order valence-corrected chi connectivity index (χ0v) is 15.7. The fourth-order valence-electron chi connectivity index (χ4n) is 2.61. The van der Waals surface area contributed by atoms with Gasteiger partial charge in [-0.15, -0.1) is 10.2 Å². The van der Waals surface area contributed by atoms with Crippen LogP contribution in [0.1, 0.15) is 5.69 Å². The minimum Gasteiger partial charge on any atom is -0.435 e. The second-order valence-corrected chi connectivity index (χ2v) is 6.86. The number of thioether (sulfide) groups is 1. The van der Waals surface area contributed by atoms with Gasteiger partial charge in [0, 0.05) is 22.9 Å². The lowest BCUT2D eigenvalue weighted by Gasteiger charge is -2.06.